The molecule has 0 bridgehead atoms. The number of hydrogen-bond acceptors (Lipinski definition) is 4. The molecule has 0 saturated heterocycles. The van der Waals surface area contributed by atoms with Gasteiger partial charge >= 0.3 is 0 Å². The fourth-order valence-electron chi connectivity index (χ4n) is 4.40. The standard InChI is InChI=1S/C23H18N.C5H8O3.Ir/c1-14-10-17-8-9-24-22-18-12-15-6-4-5-7-16(15)13-19(18)23(2,3)20(11-14)21(17)22;1-3(6)5(8)4(2)7;/h4-11,13H,1-3H3;6,8H,1-2H3;/q-1;;/b;5-3+;. The van der Waals surface area contributed by atoms with Crippen LogP contribution in [0.5, 0.6) is 0 Å². The molecule has 1 heterocycles. The number of rotatable bonds is 1. The quantitative estimate of drug-likeness (QED) is 0.142. The predicted molar refractivity (Wildman–Crippen MR) is 129 cm³/mol. The number of carbonyl (C=O) groups excluding carboxylic acids is 1. The Morgan fingerprint density at radius 3 is 2.30 bits per heavy atom. The average molecular weight is 617 g/mol. The van der Waals surface area contributed by atoms with Crippen molar-refractivity contribution >= 4 is 27.3 Å². The summed E-state index contributed by atoms with van der Waals surface area (Å²) in [5, 5.41) is 21.8. The van der Waals surface area contributed by atoms with Gasteiger partial charge in [-0.05, 0) is 41.7 Å². The first-order valence-electron chi connectivity index (χ1n) is 10.6. The summed E-state index contributed by atoms with van der Waals surface area (Å²) in [6.07, 6.45) is 1.92. The number of aromatic nitrogens is 1. The molecule has 4 aromatic rings. The third kappa shape index (κ3) is 4.31. The number of allylic oxidation sites excluding steroid dienone is 2. The summed E-state index contributed by atoms with van der Waals surface area (Å²) in [5.41, 5.74) is 6.16. The molecule has 1 aliphatic rings. The number of nitrogens with zero attached hydrogens (tertiary/aromatic N) is 1. The number of aryl methyl sites for hydroxylation is 1. The van der Waals surface area contributed by atoms with Gasteiger partial charge in [-0.25, -0.2) is 0 Å². The zero-order valence-corrected chi connectivity index (χ0v) is 21.7. The molecule has 0 unspecified atom stereocenters. The van der Waals surface area contributed by atoms with Crippen LogP contribution in [-0.4, -0.2) is 21.0 Å². The van der Waals surface area contributed by atoms with Gasteiger partial charge < -0.3 is 10.2 Å². The molecule has 0 fully saturated rings. The normalized spacial score (nSPS) is 13.8. The SMILES string of the molecule is CC(=O)/C(O)=C(/C)O.Cc1cc2c3c(nccc3c1)-c1[c-]c3ccccc3cc1C2(C)C.[Ir]. The Balaban J connectivity index is 0.000000297. The van der Waals surface area contributed by atoms with Gasteiger partial charge in [-0.1, -0.05) is 66.3 Å². The van der Waals surface area contributed by atoms with Crippen molar-refractivity contribution in [2.45, 2.75) is 40.0 Å². The molecule has 0 atom stereocenters. The van der Waals surface area contributed by atoms with Crippen LogP contribution in [0.1, 0.15) is 44.4 Å². The molecule has 5 heteroatoms. The van der Waals surface area contributed by atoms with E-state index in [-0.39, 0.29) is 31.3 Å². The fourth-order valence-corrected chi connectivity index (χ4v) is 4.40. The summed E-state index contributed by atoms with van der Waals surface area (Å²) in [4.78, 5) is 14.9. The summed E-state index contributed by atoms with van der Waals surface area (Å²) >= 11 is 0. The van der Waals surface area contributed by atoms with Crippen molar-refractivity contribution in [3.8, 4) is 11.3 Å². The molecule has 3 aromatic carbocycles. The maximum absolute atomic E-state index is 10.1. The molecular formula is C28H26IrNO3-. The second-order valence-electron chi connectivity index (χ2n) is 8.83. The van der Waals surface area contributed by atoms with Crippen molar-refractivity contribution in [3.05, 3.63) is 89.0 Å². The number of hydrogen-bond donors (Lipinski definition) is 2. The van der Waals surface area contributed by atoms with Gasteiger partial charge in [0.2, 0.25) is 0 Å². The number of aliphatic hydroxyl groups is 2. The molecule has 1 radical (unpaired) electrons. The van der Waals surface area contributed by atoms with Crippen LogP contribution in [-0.2, 0) is 30.3 Å². The summed E-state index contributed by atoms with van der Waals surface area (Å²) in [7, 11) is 0. The van der Waals surface area contributed by atoms with E-state index in [1.807, 2.05) is 6.20 Å². The van der Waals surface area contributed by atoms with Crippen LogP contribution >= 0.6 is 0 Å². The van der Waals surface area contributed by atoms with Crippen LogP contribution in [0.15, 0.2) is 66.2 Å². The number of ketones is 1. The zero-order chi connectivity index (χ0) is 23.2. The van der Waals surface area contributed by atoms with Crippen LogP contribution < -0.4 is 0 Å². The Bertz CT molecular complexity index is 1420. The van der Waals surface area contributed by atoms with Crippen molar-refractivity contribution < 1.29 is 35.1 Å². The number of carbonyl (C=O) groups is 1. The monoisotopic (exact) mass is 617 g/mol. The van der Waals surface area contributed by atoms with E-state index in [9.17, 15) is 4.79 Å². The predicted octanol–water partition coefficient (Wildman–Crippen LogP) is 6.72. The summed E-state index contributed by atoms with van der Waals surface area (Å²) in [6, 6.07) is 21.2. The first-order valence-corrected chi connectivity index (χ1v) is 10.6. The molecule has 1 aliphatic carbocycles. The van der Waals surface area contributed by atoms with E-state index in [1.165, 1.54) is 46.7 Å². The number of fused-ring (bicyclic) bond motifs is 3. The van der Waals surface area contributed by atoms with Gasteiger partial charge in [0, 0.05) is 38.9 Å². The van der Waals surface area contributed by atoms with Gasteiger partial charge in [-0.3, -0.25) is 9.78 Å². The Morgan fingerprint density at radius 2 is 1.67 bits per heavy atom. The minimum Gasteiger partial charge on any atom is -0.509 e. The minimum absolute atomic E-state index is 0. The Kier molecular flexibility index (Phi) is 6.78. The maximum atomic E-state index is 10.1. The van der Waals surface area contributed by atoms with Gasteiger partial charge in [0.25, 0.3) is 0 Å². The number of Topliss-reactive ketones (excluding diaryl/α,β-unsaturated/α-hetero) is 1. The van der Waals surface area contributed by atoms with Crippen molar-refractivity contribution in [1.29, 1.82) is 0 Å². The molecule has 0 amide bonds. The Labute approximate surface area is 207 Å². The van der Waals surface area contributed by atoms with Gasteiger partial charge in [0.05, 0.1) is 0 Å². The average Bonchev–Trinajstić information content (AvgIpc) is 2.76. The smallest absolute Gasteiger partial charge is 0.197 e. The first-order chi connectivity index (χ1) is 15.1. The van der Waals surface area contributed by atoms with Gasteiger partial charge in [-0.2, -0.15) is 0 Å². The second-order valence-corrected chi connectivity index (χ2v) is 8.83. The van der Waals surface area contributed by atoms with Crippen LogP contribution in [0.4, 0.5) is 0 Å². The molecule has 2 N–H and O–H groups in total. The molecule has 171 valence electrons. The van der Waals surface area contributed by atoms with Crippen LogP contribution in [0.25, 0.3) is 32.8 Å². The molecule has 4 nitrogen and oxygen atoms in total. The summed E-state index contributed by atoms with van der Waals surface area (Å²) < 4.78 is 0. The Morgan fingerprint density at radius 1 is 0.970 bits per heavy atom. The molecule has 5 rings (SSSR count). The van der Waals surface area contributed by atoms with E-state index < -0.39 is 11.5 Å². The van der Waals surface area contributed by atoms with E-state index in [0.29, 0.717) is 0 Å². The zero-order valence-electron chi connectivity index (χ0n) is 19.3. The molecule has 33 heavy (non-hydrogen) atoms. The van der Waals surface area contributed by atoms with E-state index in [1.54, 1.807) is 0 Å². The van der Waals surface area contributed by atoms with Crippen LogP contribution in [0.3, 0.4) is 0 Å². The van der Waals surface area contributed by atoms with Crippen molar-refractivity contribution in [2.75, 3.05) is 0 Å². The number of benzene rings is 3. The molecule has 0 spiro atoms. The molecule has 0 saturated carbocycles. The summed E-state index contributed by atoms with van der Waals surface area (Å²) in [5.74, 6) is -1.42. The number of pyridine rings is 1. The largest absolute Gasteiger partial charge is 0.509 e. The van der Waals surface area contributed by atoms with Gasteiger partial charge in [0.15, 0.2) is 11.5 Å². The first kappa shape index (κ1) is 24.6. The second kappa shape index (κ2) is 9.09. The topological polar surface area (TPSA) is 70.4 Å². The van der Waals surface area contributed by atoms with Crippen LogP contribution in [0, 0.1) is 13.0 Å². The van der Waals surface area contributed by atoms with Crippen LogP contribution in [0.2, 0.25) is 0 Å². The third-order valence-electron chi connectivity index (χ3n) is 6.06. The minimum atomic E-state index is -0.565. The van der Waals surface area contributed by atoms with E-state index in [4.69, 9.17) is 15.2 Å². The maximum Gasteiger partial charge on any atom is 0.197 e. The molecular weight excluding hydrogens is 591 g/mol. The Hall–Kier alpha value is -3.01. The van der Waals surface area contributed by atoms with Crippen molar-refractivity contribution in [3.63, 3.8) is 0 Å². The van der Waals surface area contributed by atoms with E-state index in [2.05, 4.69) is 75.4 Å². The number of aliphatic hydroxyl groups excluding tert-OH is 2. The molecule has 1 aromatic heterocycles. The van der Waals surface area contributed by atoms with Crippen molar-refractivity contribution in [2.24, 2.45) is 0 Å². The molecule has 0 aliphatic heterocycles. The fraction of sp³-hybridized carbons (Fsp3) is 0.214. The van der Waals surface area contributed by atoms with Crippen molar-refractivity contribution in [1.82, 2.24) is 4.98 Å². The van der Waals surface area contributed by atoms with E-state index >= 15 is 0 Å². The van der Waals surface area contributed by atoms with Gasteiger partial charge in [0.1, 0.15) is 5.76 Å². The third-order valence-corrected chi connectivity index (χ3v) is 6.06. The van der Waals surface area contributed by atoms with Gasteiger partial charge in [-0.15, -0.1) is 23.6 Å². The summed E-state index contributed by atoms with van der Waals surface area (Å²) in [6.45, 7) is 9.23. The van der Waals surface area contributed by atoms with E-state index in [0.717, 1.165) is 16.6 Å².